The Hall–Kier alpha value is -2.43. The van der Waals surface area contributed by atoms with E-state index in [1.807, 2.05) is 29.2 Å². The molecule has 5 nitrogen and oxygen atoms in total. The van der Waals surface area contributed by atoms with E-state index in [4.69, 9.17) is 0 Å². The quantitative estimate of drug-likeness (QED) is 0.897. The number of carbonyl (C=O) groups is 1. The number of carbonyl (C=O) groups excluding carboxylic acids is 1. The third kappa shape index (κ3) is 2.40. The number of hydrogen-bond donors (Lipinski definition) is 1. The predicted octanol–water partition coefficient (Wildman–Crippen LogP) is 1.48. The first kappa shape index (κ1) is 11.6. The van der Waals surface area contributed by atoms with Crippen LogP contribution in [-0.4, -0.2) is 29.0 Å². The summed E-state index contributed by atoms with van der Waals surface area (Å²) in [6.07, 6.45) is 5.44. The Morgan fingerprint density at radius 1 is 1.26 bits per heavy atom. The molecular formula is C14H14N4O. The van der Waals surface area contributed by atoms with Crippen molar-refractivity contribution in [2.24, 2.45) is 0 Å². The number of anilines is 2. The molecule has 0 radical (unpaired) electrons. The monoisotopic (exact) mass is 254 g/mol. The maximum Gasteiger partial charge on any atom is 0.231 e. The number of amides is 1. The normalized spacial score (nSPS) is 13.5. The summed E-state index contributed by atoms with van der Waals surface area (Å²) in [7, 11) is 0. The van der Waals surface area contributed by atoms with Gasteiger partial charge in [-0.05, 0) is 11.6 Å². The van der Waals surface area contributed by atoms with Gasteiger partial charge in [0, 0.05) is 31.2 Å². The highest BCUT2D eigenvalue weighted by Gasteiger charge is 2.25. The average molecular weight is 254 g/mol. The van der Waals surface area contributed by atoms with Gasteiger partial charge in [0.15, 0.2) is 0 Å². The summed E-state index contributed by atoms with van der Waals surface area (Å²) in [5.41, 5.74) is 2.13. The zero-order valence-corrected chi connectivity index (χ0v) is 10.4. The molecule has 2 aromatic rings. The van der Waals surface area contributed by atoms with E-state index in [9.17, 15) is 4.79 Å². The summed E-state index contributed by atoms with van der Waals surface area (Å²) >= 11 is 0. The Kier molecular flexibility index (Phi) is 3.10. The second kappa shape index (κ2) is 5.06. The molecule has 96 valence electrons. The summed E-state index contributed by atoms with van der Waals surface area (Å²) in [6, 6.07) is 7.92. The van der Waals surface area contributed by atoms with E-state index in [1.165, 1.54) is 0 Å². The van der Waals surface area contributed by atoms with Crippen LogP contribution in [0.5, 0.6) is 0 Å². The Morgan fingerprint density at radius 3 is 3.00 bits per heavy atom. The van der Waals surface area contributed by atoms with Crippen LogP contribution in [0.3, 0.4) is 0 Å². The summed E-state index contributed by atoms with van der Waals surface area (Å²) < 4.78 is 0. The first-order valence-electron chi connectivity index (χ1n) is 6.23. The van der Waals surface area contributed by atoms with Crippen molar-refractivity contribution in [2.45, 2.75) is 6.42 Å². The molecule has 0 saturated carbocycles. The maximum absolute atomic E-state index is 11.9. The Balaban J connectivity index is 1.63. The lowest BCUT2D eigenvalue weighted by Gasteiger charge is -2.17. The Bertz CT molecular complexity index is 585. The highest BCUT2D eigenvalue weighted by molar-refractivity contribution is 6.01. The lowest BCUT2D eigenvalue weighted by atomic mass is 10.2. The molecule has 1 aliphatic heterocycles. The molecule has 1 aromatic heterocycles. The van der Waals surface area contributed by atoms with Gasteiger partial charge in [0.2, 0.25) is 5.91 Å². The third-order valence-corrected chi connectivity index (χ3v) is 3.13. The highest BCUT2D eigenvalue weighted by atomic mass is 16.2. The van der Waals surface area contributed by atoms with E-state index in [0.717, 1.165) is 17.1 Å². The molecule has 1 amide bonds. The zero-order chi connectivity index (χ0) is 13.1. The fraction of sp³-hybridized carbons (Fsp3) is 0.214. The van der Waals surface area contributed by atoms with Crippen LogP contribution in [-0.2, 0) is 11.2 Å². The topological polar surface area (TPSA) is 58.1 Å². The number of rotatable bonds is 4. The van der Waals surface area contributed by atoms with Crippen molar-refractivity contribution in [1.29, 1.82) is 0 Å². The standard InChI is InChI=1S/C14H14N4O/c19-14-9-11-3-1-2-4-12(11)18(14)8-7-17-13-10-15-5-6-16-13/h1-6,10H,7-9H2,(H,16,17). The second-order valence-electron chi connectivity index (χ2n) is 4.37. The van der Waals surface area contributed by atoms with Crippen molar-refractivity contribution in [1.82, 2.24) is 9.97 Å². The van der Waals surface area contributed by atoms with Crippen molar-refractivity contribution < 1.29 is 4.79 Å². The van der Waals surface area contributed by atoms with Gasteiger partial charge in [0.05, 0.1) is 12.6 Å². The van der Waals surface area contributed by atoms with Crippen LogP contribution in [0.25, 0.3) is 0 Å². The molecule has 19 heavy (non-hydrogen) atoms. The van der Waals surface area contributed by atoms with E-state index in [1.54, 1.807) is 18.6 Å². The molecule has 3 rings (SSSR count). The van der Waals surface area contributed by atoms with Gasteiger partial charge in [-0.1, -0.05) is 18.2 Å². The van der Waals surface area contributed by atoms with Crippen molar-refractivity contribution in [3.8, 4) is 0 Å². The zero-order valence-electron chi connectivity index (χ0n) is 10.4. The number of fused-ring (bicyclic) bond motifs is 1. The van der Waals surface area contributed by atoms with Crippen molar-refractivity contribution in [3.05, 3.63) is 48.4 Å². The third-order valence-electron chi connectivity index (χ3n) is 3.13. The van der Waals surface area contributed by atoms with E-state index in [0.29, 0.717) is 19.5 Å². The van der Waals surface area contributed by atoms with Crippen LogP contribution in [0, 0.1) is 0 Å². The fourth-order valence-corrected chi connectivity index (χ4v) is 2.25. The molecule has 0 saturated heterocycles. The van der Waals surface area contributed by atoms with E-state index >= 15 is 0 Å². The Labute approximate surface area is 111 Å². The van der Waals surface area contributed by atoms with Gasteiger partial charge in [-0.25, -0.2) is 4.98 Å². The molecular weight excluding hydrogens is 240 g/mol. The van der Waals surface area contributed by atoms with Gasteiger partial charge >= 0.3 is 0 Å². The smallest absolute Gasteiger partial charge is 0.231 e. The van der Waals surface area contributed by atoms with Crippen LogP contribution in [0.2, 0.25) is 0 Å². The predicted molar refractivity (Wildman–Crippen MR) is 73.0 cm³/mol. The molecule has 1 N–H and O–H groups in total. The molecule has 0 fully saturated rings. The number of nitrogens with zero attached hydrogens (tertiary/aromatic N) is 3. The van der Waals surface area contributed by atoms with Gasteiger partial charge in [0.25, 0.3) is 0 Å². The van der Waals surface area contributed by atoms with Gasteiger partial charge < -0.3 is 10.2 Å². The van der Waals surface area contributed by atoms with Crippen LogP contribution in [0.4, 0.5) is 11.5 Å². The molecule has 1 aromatic carbocycles. The molecule has 0 aliphatic carbocycles. The summed E-state index contributed by atoms with van der Waals surface area (Å²) in [5, 5.41) is 3.16. The molecule has 5 heteroatoms. The van der Waals surface area contributed by atoms with Crippen LogP contribution >= 0.6 is 0 Å². The minimum Gasteiger partial charge on any atom is -0.367 e. The number of para-hydroxylation sites is 1. The van der Waals surface area contributed by atoms with E-state index in [2.05, 4.69) is 15.3 Å². The van der Waals surface area contributed by atoms with E-state index in [-0.39, 0.29) is 5.91 Å². The molecule has 2 heterocycles. The minimum atomic E-state index is 0.155. The lowest BCUT2D eigenvalue weighted by molar-refractivity contribution is -0.117. The largest absolute Gasteiger partial charge is 0.367 e. The molecule has 0 unspecified atom stereocenters. The Morgan fingerprint density at radius 2 is 2.16 bits per heavy atom. The lowest BCUT2D eigenvalue weighted by Crippen LogP contribution is -2.31. The molecule has 0 atom stereocenters. The first-order chi connectivity index (χ1) is 9.34. The molecule has 0 bridgehead atoms. The SMILES string of the molecule is O=C1Cc2ccccc2N1CCNc1cnccn1. The van der Waals surface area contributed by atoms with Crippen molar-refractivity contribution >= 4 is 17.4 Å². The van der Waals surface area contributed by atoms with Gasteiger partial charge in [-0.3, -0.25) is 9.78 Å². The van der Waals surface area contributed by atoms with Crippen molar-refractivity contribution in [2.75, 3.05) is 23.3 Å². The fourth-order valence-electron chi connectivity index (χ4n) is 2.25. The van der Waals surface area contributed by atoms with Crippen molar-refractivity contribution in [3.63, 3.8) is 0 Å². The van der Waals surface area contributed by atoms with Crippen LogP contribution in [0.1, 0.15) is 5.56 Å². The molecule has 1 aliphatic rings. The highest BCUT2D eigenvalue weighted by Crippen LogP contribution is 2.27. The number of aromatic nitrogens is 2. The van der Waals surface area contributed by atoms with Gasteiger partial charge in [-0.2, -0.15) is 0 Å². The van der Waals surface area contributed by atoms with Crippen LogP contribution in [0.15, 0.2) is 42.9 Å². The van der Waals surface area contributed by atoms with E-state index < -0.39 is 0 Å². The second-order valence-corrected chi connectivity index (χ2v) is 4.37. The number of hydrogen-bond acceptors (Lipinski definition) is 4. The average Bonchev–Trinajstić information content (AvgIpc) is 2.76. The van der Waals surface area contributed by atoms with Gasteiger partial charge in [-0.15, -0.1) is 0 Å². The number of nitrogens with one attached hydrogen (secondary N) is 1. The maximum atomic E-state index is 11.9. The summed E-state index contributed by atoms with van der Waals surface area (Å²) in [4.78, 5) is 21.9. The minimum absolute atomic E-state index is 0.155. The first-order valence-corrected chi connectivity index (χ1v) is 6.23. The number of benzene rings is 1. The summed E-state index contributed by atoms with van der Waals surface area (Å²) in [5.74, 6) is 0.879. The van der Waals surface area contributed by atoms with Crippen LogP contribution < -0.4 is 10.2 Å². The van der Waals surface area contributed by atoms with Gasteiger partial charge in [0.1, 0.15) is 5.82 Å². The molecule has 0 spiro atoms. The summed E-state index contributed by atoms with van der Waals surface area (Å²) in [6.45, 7) is 1.28.